The van der Waals surface area contributed by atoms with Gasteiger partial charge in [0.1, 0.15) is 0 Å². The highest BCUT2D eigenvalue weighted by atomic mass is 15.1. The highest BCUT2D eigenvalue weighted by molar-refractivity contribution is 6.15. The Hall–Kier alpha value is -16.2. The van der Waals surface area contributed by atoms with E-state index in [9.17, 15) is 12.3 Å². The molecule has 0 amide bonds. The third-order valence-corrected chi connectivity index (χ3v) is 21.1. The van der Waals surface area contributed by atoms with Gasteiger partial charge in [-0.05, 0) is 132 Å². The molecule has 0 radical (unpaired) electrons. The fourth-order valence-corrected chi connectivity index (χ4v) is 15.8. The van der Waals surface area contributed by atoms with Crippen molar-refractivity contribution < 1.29 is 39.8 Å². The summed E-state index contributed by atoms with van der Waals surface area (Å²) in [6.07, 6.45) is 0. The topological polar surface area (TPSA) is 102 Å². The van der Waals surface area contributed by atoms with Gasteiger partial charge in [-0.1, -0.05) is 297 Å². The summed E-state index contributed by atoms with van der Waals surface area (Å²) in [5, 5.41) is 0.501. The Kier molecular flexibility index (Phi) is 10.7. The van der Waals surface area contributed by atoms with Crippen LogP contribution in [-0.4, -0.2) is 52.7 Å². The Morgan fingerprint density at radius 2 is 0.420 bits per heavy atom. The molecule has 11 nitrogen and oxygen atoms in total. The molecule has 0 saturated carbocycles. The molecule has 0 atom stereocenters. The molecule has 7 aromatic heterocycles. The van der Waals surface area contributed by atoms with Gasteiger partial charge in [-0.15, -0.1) is 0 Å². The monoisotopic (exact) mass is 1550 g/mol. The fourth-order valence-electron chi connectivity index (χ4n) is 15.8. The second-order valence-corrected chi connectivity index (χ2v) is 28.0. The van der Waals surface area contributed by atoms with E-state index >= 15 is 0 Å². The van der Waals surface area contributed by atoms with Crippen LogP contribution in [0.15, 0.2) is 418 Å². The zero-order valence-electron chi connectivity index (χ0n) is 91.0. The molecule has 0 unspecified atom stereocenters. The Morgan fingerprint density at radius 3 is 0.815 bits per heavy atom. The molecule has 119 heavy (non-hydrogen) atoms. The lowest BCUT2D eigenvalue weighted by atomic mass is 10.0. The molecule has 0 aliphatic heterocycles. The minimum Gasteiger partial charge on any atom is -0.309 e. The number of aromatic nitrogens is 11. The zero-order valence-corrected chi connectivity index (χ0v) is 62.0. The third kappa shape index (κ3) is 11.7. The second kappa shape index (κ2) is 28.4. The van der Waals surface area contributed by atoms with Crippen molar-refractivity contribution in [1.82, 2.24) is 52.7 Å². The van der Waals surface area contributed by atoms with Gasteiger partial charge in [-0.25, -0.2) is 29.9 Å². The molecule has 7 heterocycles. The predicted molar refractivity (Wildman–Crippen MR) is 489 cm³/mol. The van der Waals surface area contributed by atoms with Crippen molar-refractivity contribution in [3.63, 3.8) is 0 Å². The van der Waals surface area contributed by atoms with Crippen molar-refractivity contribution in [1.29, 1.82) is 0 Å². The van der Waals surface area contributed by atoms with Gasteiger partial charge in [-0.2, -0.15) is 0 Å². The Labute approximate surface area is 724 Å². The zero-order chi connectivity index (χ0) is 104. The van der Waals surface area contributed by atoms with E-state index in [4.69, 9.17) is 57.3 Å². The summed E-state index contributed by atoms with van der Waals surface area (Å²) in [5.41, 5.74) is 6.83. The van der Waals surface area contributed by atoms with Gasteiger partial charge in [-0.3, -0.25) is 0 Å². The quantitative estimate of drug-likeness (QED) is 0.121. The highest BCUT2D eigenvalue weighted by Crippen LogP contribution is 2.42. The van der Waals surface area contributed by atoms with Gasteiger partial charge in [0.2, 0.25) is 0 Å². The number of nitrogens with zero attached hydrogens (tertiary/aromatic N) is 11. The largest absolute Gasteiger partial charge is 0.309 e. The van der Waals surface area contributed by atoms with Gasteiger partial charge in [0.05, 0.1) is 94.9 Å². The normalized spacial score (nSPS) is 15.1. The van der Waals surface area contributed by atoms with E-state index in [0.717, 1.165) is 53.3 Å². The third-order valence-electron chi connectivity index (χ3n) is 21.1. The number of hydrogen-bond donors (Lipinski definition) is 0. The number of benzene rings is 17. The molecule has 24 rings (SSSR count). The Morgan fingerprint density at radius 1 is 0.160 bits per heavy atom. The Balaban J connectivity index is 0.000000163. The molecule has 0 fully saturated rings. The molecule has 0 N–H and O–H groups in total. The van der Waals surface area contributed by atoms with E-state index < -0.39 is 175 Å². The first-order valence-electron chi connectivity index (χ1n) is 52.3. The van der Waals surface area contributed by atoms with Crippen LogP contribution < -0.4 is 0 Å². The minimum atomic E-state index is -0.722. The van der Waals surface area contributed by atoms with Crippen molar-refractivity contribution >= 4 is 109 Å². The van der Waals surface area contributed by atoms with Crippen molar-refractivity contribution in [3.8, 4) is 108 Å². The van der Waals surface area contributed by atoms with E-state index in [1.807, 2.05) is 164 Å². The van der Waals surface area contributed by atoms with Crippen LogP contribution in [0.25, 0.3) is 217 Å². The van der Waals surface area contributed by atoms with Crippen LogP contribution in [0.5, 0.6) is 0 Å². The predicted octanol–water partition coefficient (Wildman–Crippen LogP) is 26.9. The molecule has 556 valence electrons. The standard InChI is InChI=1S/C57H36N6.C51H33N5/c1-2-16-37(17-3-1)55-58-56(38-18-14-20-40(34-38)61-49-27-9-4-22-43(49)44-23-5-10-28-50(44)61)60-57(59-55)39-19-15-21-41(35-39)62-53-31-13-8-26-47(53)48-36-42(32-33-54(48)62)63-51-29-11-6-24-45(51)46-25-7-12-30-52(46)63;1-3-14-34(15-4-1)35-26-28-37(29-27-35)50-52-49(36-16-5-2-6-17-36)53-51(54-50)38-18-13-19-39(32-38)55-47-25-12-9-22-43(47)44-33-40(30-31-48(44)55)56-45-23-10-7-20-41(45)42-21-8-11-24-46(42)56/h1-36H;1-33H/i6D,7D,8D,11D,12D,13D,24D,25D,26D,29D,30D,31D,33D,36D;7D,8D,9D,10D,11D,12D,20D,21D,22D,23D,24D,25D,30D,31D,33D. The van der Waals surface area contributed by atoms with Crippen LogP contribution in [-0.2, 0) is 0 Å². The number of para-hydroxylation sites is 8. The molecule has 0 saturated heterocycles. The van der Waals surface area contributed by atoms with Crippen LogP contribution in [0, 0.1) is 0 Å². The van der Waals surface area contributed by atoms with Crippen LogP contribution >= 0.6 is 0 Å². The molecule has 0 aliphatic rings. The first-order valence-corrected chi connectivity index (χ1v) is 37.8. The lowest BCUT2D eigenvalue weighted by Crippen LogP contribution is -2.02. The summed E-state index contributed by atoms with van der Waals surface area (Å²) < 4.78 is 269. The van der Waals surface area contributed by atoms with Crippen molar-refractivity contribution in [2.24, 2.45) is 0 Å². The summed E-state index contributed by atoms with van der Waals surface area (Å²) in [6.45, 7) is 0. The maximum atomic E-state index is 10.00. The molecular weight excluding hydrogens is 1450 g/mol. The molecule has 0 spiro atoms. The number of fused-ring (bicyclic) bond motifs is 15. The number of rotatable bonds is 12. The average Bonchev–Trinajstić information content (AvgIpc) is 1.53. The fraction of sp³-hybridized carbons (Fsp3) is 0. The van der Waals surface area contributed by atoms with E-state index in [-0.39, 0.29) is 116 Å². The molecule has 0 bridgehead atoms. The van der Waals surface area contributed by atoms with Gasteiger partial charge >= 0.3 is 0 Å². The van der Waals surface area contributed by atoms with Crippen molar-refractivity contribution in [2.45, 2.75) is 0 Å². The van der Waals surface area contributed by atoms with Gasteiger partial charge in [0.25, 0.3) is 0 Å². The van der Waals surface area contributed by atoms with Crippen LogP contribution in [0.4, 0.5) is 0 Å². The Bertz CT molecular complexity index is 9780. The van der Waals surface area contributed by atoms with E-state index in [1.54, 1.807) is 48.5 Å². The summed E-state index contributed by atoms with van der Waals surface area (Å²) in [7, 11) is 0. The van der Waals surface area contributed by atoms with Crippen LogP contribution in [0.1, 0.15) is 39.8 Å². The van der Waals surface area contributed by atoms with Crippen LogP contribution in [0.2, 0.25) is 0 Å². The first-order chi connectivity index (χ1) is 71.1. The number of hydrogen-bond acceptors (Lipinski definition) is 6. The van der Waals surface area contributed by atoms with E-state index in [2.05, 4.69) is 28.8 Å². The van der Waals surface area contributed by atoms with Crippen LogP contribution in [0.3, 0.4) is 0 Å². The minimum absolute atomic E-state index is 0.00865. The smallest absolute Gasteiger partial charge is 0.164 e. The summed E-state index contributed by atoms with van der Waals surface area (Å²) in [6, 6.07) is 58.1. The maximum absolute atomic E-state index is 10.00. The average molecular weight is 1550 g/mol. The highest BCUT2D eigenvalue weighted by Gasteiger charge is 2.23. The lowest BCUT2D eigenvalue weighted by molar-refractivity contribution is 1.07. The van der Waals surface area contributed by atoms with Crippen molar-refractivity contribution in [2.75, 3.05) is 0 Å². The molecule has 11 heteroatoms. The van der Waals surface area contributed by atoms with E-state index in [0.29, 0.717) is 56.8 Å². The van der Waals surface area contributed by atoms with Gasteiger partial charge < -0.3 is 22.8 Å². The van der Waals surface area contributed by atoms with Gasteiger partial charge in [0, 0.05) is 116 Å². The van der Waals surface area contributed by atoms with Gasteiger partial charge in [0.15, 0.2) is 34.9 Å². The summed E-state index contributed by atoms with van der Waals surface area (Å²) in [4.78, 5) is 29.8. The lowest BCUT2D eigenvalue weighted by Gasteiger charge is -2.13. The summed E-state index contributed by atoms with van der Waals surface area (Å²) >= 11 is 0. The van der Waals surface area contributed by atoms with Crippen molar-refractivity contribution in [3.05, 3.63) is 418 Å². The second-order valence-electron chi connectivity index (χ2n) is 28.0. The summed E-state index contributed by atoms with van der Waals surface area (Å²) in [5.74, 6) is 1.98. The van der Waals surface area contributed by atoms with E-state index in [1.165, 1.54) is 15.2 Å². The maximum Gasteiger partial charge on any atom is 0.164 e. The molecule has 0 aliphatic carbocycles. The first kappa shape index (κ1) is 45.0. The SMILES string of the molecule is [2H]c1c([2H])c([2H])c2c(c1[2H])c1c([2H])c(-n3c4c([2H])c([2H])c([2H])c([2H])c4c4c([2H])c([2H])c([2H])c([2H])c43)c([2H])c([2H])c1n2-c1cccc(-c2nc(-c3ccccc3)nc(-c3ccc(-c4ccccc4)cc3)n2)c1.[2H]c1c([2H])c([2H])c2c(c1[2H])c1c([2H])c(-n3c4c([2H])c([2H])c([2H])c([2H])c4c4c([2H])c([2H])c([2H])c([2H])c43)cc([2H])c1n2-c1cccc(-c2nc(-c3ccccc3)nc(-c3cccc(-n4c5ccccc5c5ccccc54)c3)n2)c1. The molecular formula is C108H69N11. The molecule has 24 aromatic rings. The molecule has 17 aromatic carbocycles.